The predicted molar refractivity (Wildman–Crippen MR) is 48.4 cm³/mol. The van der Waals surface area contributed by atoms with E-state index < -0.39 is 0 Å². The molecule has 0 aliphatic heterocycles. The highest BCUT2D eigenvalue weighted by Crippen LogP contribution is 2.28. The van der Waals surface area contributed by atoms with Gasteiger partial charge in [0.1, 0.15) is 0 Å². The highest BCUT2D eigenvalue weighted by molar-refractivity contribution is 7.81. The second-order valence-electron chi connectivity index (χ2n) is 3.20. The van der Waals surface area contributed by atoms with Crippen molar-refractivity contribution in [3.05, 3.63) is 0 Å². The summed E-state index contributed by atoms with van der Waals surface area (Å²) in [7, 11) is 0. The third kappa shape index (κ3) is 2.17. The van der Waals surface area contributed by atoms with E-state index in [1.165, 1.54) is 32.1 Å². The third-order valence-electron chi connectivity index (χ3n) is 2.44. The molecular formula is C8H17NS. The average molecular weight is 159 g/mol. The predicted octanol–water partition coefficient (Wildman–Crippen LogP) is 1.82. The van der Waals surface area contributed by atoms with Crippen LogP contribution in [0.2, 0.25) is 0 Å². The molecule has 0 aromatic rings. The second kappa shape index (κ2) is 4.24. The largest absolute Gasteiger partial charge is 0.329 e. The first kappa shape index (κ1) is 8.41. The van der Waals surface area contributed by atoms with Gasteiger partial charge in [-0.1, -0.05) is 19.3 Å². The van der Waals surface area contributed by atoms with Crippen molar-refractivity contribution in [3.63, 3.8) is 0 Å². The Morgan fingerprint density at radius 3 is 2.40 bits per heavy atom. The Morgan fingerprint density at radius 2 is 1.90 bits per heavy atom. The van der Waals surface area contributed by atoms with Crippen LogP contribution in [0.4, 0.5) is 0 Å². The fourth-order valence-corrected chi connectivity index (χ4v) is 2.01. The minimum atomic E-state index is 0.459. The molecule has 1 fully saturated rings. The Balaban J connectivity index is 2.24. The molecule has 2 heteroatoms. The van der Waals surface area contributed by atoms with Crippen LogP contribution < -0.4 is 5.73 Å². The summed E-state index contributed by atoms with van der Waals surface area (Å²) in [6, 6.07) is 0. The first-order chi connectivity index (χ1) is 4.84. The van der Waals surface area contributed by atoms with E-state index in [9.17, 15) is 0 Å². The van der Waals surface area contributed by atoms with Crippen LogP contribution >= 0.6 is 12.6 Å². The lowest BCUT2D eigenvalue weighted by molar-refractivity contribution is 0.352. The van der Waals surface area contributed by atoms with Gasteiger partial charge in [-0.15, -0.1) is 0 Å². The van der Waals surface area contributed by atoms with Crippen molar-refractivity contribution in [2.24, 2.45) is 11.7 Å². The lowest BCUT2D eigenvalue weighted by Crippen LogP contribution is -2.25. The molecule has 1 rings (SSSR count). The van der Waals surface area contributed by atoms with E-state index in [1.807, 2.05) is 0 Å². The van der Waals surface area contributed by atoms with Crippen LogP contribution in [0.1, 0.15) is 32.1 Å². The zero-order valence-corrected chi connectivity index (χ0v) is 7.32. The fraction of sp³-hybridized carbons (Fsp3) is 1.00. The third-order valence-corrected chi connectivity index (χ3v) is 3.07. The standard InChI is InChI=1S/C8H17NS/c9-6-8(10)7-4-2-1-3-5-7/h7-8,10H,1-6,9H2/t8-/m1/s1. The molecule has 1 aliphatic carbocycles. The summed E-state index contributed by atoms with van der Waals surface area (Å²) >= 11 is 4.45. The van der Waals surface area contributed by atoms with Gasteiger partial charge in [-0.25, -0.2) is 0 Å². The average Bonchev–Trinajstić information content (AvgIpc) is 2.05. The van der Waals surface area contributed by atoms with Crippen LogP contribution in [0.25, 0.3) is 0 Å². The van der Waals surface area contributed by atoms with Crippen molar-refractivity contribution in [2.75, 3.05) is 6.54 Å². The molecule has 1 atom stereocenters. The Labute approximate surface area is 68.8 Å². The topological polar surface area (TPSA) is 26.0 Å². The van der Waals surface area contributed by atoms with Gasteiger partial charge in [-0.2, -0.15) is 12.6 Å². The molecule has 0 saturated heterocycles. The van der Waals surface area contributed by atoms with Gasteiger partial charge in [0.2, 0.25) is 0 Å². The molecule has 10 heavy (non-hydrogen) atoms. The van der Waals surface area contributed by atoms with Crippen LogP contribution in [0.15, 0.2) is 0 Å². The highest BCUT2D eigenvalue weighted by atomic mass is 32.1. The Bertz CT molecular complexity index is 89.3. The van der Waals surface area contributed by atoms with Crippen LogP contribution in [-0.2, 0) is 0 Å². The minimum absolute atomic E-state index is 0.459. The van der Waals surface area contributed by atoms with E-state index in [0.29, 0.717) is 5.25 Å². The molecule has 1 aliphatic rings. The molecule has 0 aromatic carbocycles. The van der Waals surface area contributed by atoms with E-state index in [0.717, 1.165) is 12.5 Å². The van der Waals surface area contributed by atoms with Gasteiger partial charge in [0.15, 0.2) is 0 Å². The van der Waals surface area contributed by atoms with Gasteiger partial charge >= 0.3 is 0 Å². The van der Waals surface area contributed by atoms with Gasteiger partial charge < -0.3 is 5.73 Å². The number of hydrogen-bond donors (Lipinski definition) is 2. The van der Waals surface area contributed by atoms with Crippen molar-refractivity contribution >= 4 is 12.6 Å². The molecule has 2 N–H and O–H groups in total. The zero-order valence-electron chi connectivity index (χ0n) is 6.42. The quantitative estimate of drug-likeness (QED) is 0.591. The summed E-state index contributed by atoms with van der Waals surface area (Å²) < 4.78 is 0. The molecular weight excluding hydrogens is 142 g/mol. The lowest BCUT2D eigenvalue weighted by atomic mass is 9.87. The summed E-state index contributed by atoms with van der Waals surface area (Å²) in [5.41, 5.74) is 5.53. The first-order valence-corrected chi connectivity index (χ1v) is 4.74. The highest BCUT2D eigenvalue weighted by Gasteiger charge is 2.18. The second-order valence-corrected chi connectivity index (χ2v) is 3.86. The number of nitrogens with two attached hydrogens (primary N) is 1. The van der Waals surface area contributed by atoms with Gasteiger partial charge in [-0.3, -0.25) is 0 Å². The SMILES string of the molecule is NC[C@@H](S)C1CCCCC1. The molecule has 0 bridgehead atoms. The Kier molecular flexibility index (Phi) is 3.57. The normalized spacial score (nSPS) is 24.6. The number of hydrogen-bond acceptors (Lipinski definition) is 2. The molecule has 1 nitrogen and oxygen atoms in total. The van der Waals surface area contributed by atoms with Gasteiger partial charge in [0, 0.05) is 11.8 Å². The molecule has 1 saturated carbocycles. The Morgan fingerprint density at radius 1 is 1.30 bits per heavy atom. The van der Waals surface area contributed by atoms with Crippen molar-refractivity contribution in [1.82, 2.24) is 0 Å². The van der Waals surface area contributed by atoms with E-state index in [4.69, 9.17) is 5.73 Å². The summed E-state index contributed by atoms with van der Waals surface area (Å²) in [4.78, 5) is 0. The maximum Gasteiger partial charge on any atom is 0.0168 e. The van der Waals surface area contributed by atoms with Crippen LogP contribution in [0.3, 0.4) is 0 Å². The molecule has 0 radical (unpaired) electrons. The number of rotatable bonds is 2. The maximum absolute atomic E-state index is 5.53. The molecule has 60 valence electrons. The minimum Gasteiger partial charge on any atom is -0.329 e. The molecule has 0 amide bonds. The van der Waals surface area contributed by atoms with Crippen molar-refractivity contribution in [1.29, 1.82) is 0 Å². The monoisotopic (exact) mass is 159 g/mol. The smallest absolute Gasteiger partial charge is 0.0168 e. The van der Waals surface area contributed by atoms with E-state index >= 15 is 0 Å². The van der Waals surface area contributed by atoms with Gasteiger partial charge in [0.05, 0.1) is 0 Å². The number of thiol groups is 1. The fourth-order valence-electron chi connectivity index (χ4n) is 1.71. The zero-order chi connectivity index (χ0) is 7.40. The van der Waals surface area contributed by atoms with Crippen LogP contribution in [-0.4, -0.2) is 11.8 Å². The van der Waals surface area contributed by atoms with Crippen LogP contribution in [0.5, 0.6) is 0 Å². The molecule has 0 heterocycles. The summed E-state index contributed by atoms with van der Waals surface area (Å²) in [5, 5.41) is 0.459. The summed E-state index contributed by atoms with van der Waals surface area (Å²) in [5.74, 6) is 0.807. The molecule has 0 aromatic heterocycles. The van der Waals surface area contributed by atoms with E-state index in [-0.39, 0.29) is 0 Å². The van der Waals surface area contributed by atoms with E-state index in [2.05, 4.69) is 12.6 Å². The van der Waals surface area contributed by atoms with Crippen molar-refractivity contribution < 1.29 is 0 Å². The molecule has 0 unspecified atom stereocenters. The van der Waals surface area contributed by atoms with Crippen LogP contribution in [0, 0.1) is 5.92 Å². The molecule has 0 spiro atoms. The van der Waals surface area contributed by atoms with E-state index in [1.54, 1.807) is 0 Å². The lowest BCUT2D eigenvalue weighted by Gasteiger charge is -2.25. The van der Waals surface area contributed by atoms with Gasteiger partial charge in [-0.05, 0) is 18.8 Å². The van der Waals surface area contributed by atoms with Gasteiger partial charge in [0.25, 0.3) is 0 Å². The van der Waals surface area contributed by atoms with Crippen molar-refractivity contribution in [3.8, 4) is 0 Å². The maximum atomic E-state index is 5.53. The first-order valence-electron chi connectivity index (χ1n) is 4.22. The summed E-state index contributed by atoms with van der Waals surface area (Å²) in [6.45, 7) is 0.744. The summed E-state index contributed by atoms with van der Waals surface area (Å²) in [6.07, 6.45) is 6.90. The Hall–Kier alpha value is 0.310. The van der Waals surface area contributed by atoms with Crippen molar-refractivity contribution in [2.45, 2.75) is 37.4 Å².